The Morgan fingerprint density at radius 2 is 2.17 bits per heavy atom. The summed E-state index contributed by atoms with van der Waals surface area (Å²) in [7, 11) is 0. The van der Waals surface area contributed by atoms with Gasteiger partial charge in [0.05, 0.1) is 6.61 Å². The van der Waals surface area contributed by atoms with Gasteiger partial charge in [0.15, 0.2) is 6.29 Å². The van der Waals surface area contributed by atoms with Crippen LogP contribution in [0.5, 0.6) is 0 Å². The van der Waals surface area contributed by atoms with E-state index in [1.807, 2.05) is 0 Å². The third-order valence-electron chi connectivity index (χ3n) is 4.41. The summed E-state index contributed by atoms with van der Waals surface area (Å²) in [5.41, 5.74) is 1.34. The Morgan fingerprint density at radius 3 is 3.00 bits per heavy atom. The molecule has 0 aromatic heterocycles. The normalized spacial score (nSPS) is 39.0. The van der Waals surface area contributed by atoms with Crippen molar-refractivity contribution < 1.29 is 9.47 Å². The van der Waals surface area contributed by atoms with E-state index in [1.54, 1.807) is 0 Å². The van der Waals surface area contributed by atoms with Crippen LogP contribution in [0.25, 0.3) is 0 Å². The summed E-state index contributed by atoms with van der Waals surface area (Å²) in [5.74, 6) is 1.62. The van der Waals surface area contributed by atoms with Gasteiger partial charge < -0.3 is 9.47 Å². The maximum absolute atomic E-state index is 5.95. The lowest BCUT2D eigenvalue weighted by atomic mass is 9.93. The molecule has 2 bridgehead atoms. The van der Waals surface area contributed by atoms with Crippen molar-refractivity contribution in [2.75, 3.05) is 13.2 Å². The number of allylic oxidation sites excluding steroid dienone is 4. The zero-order valence-corrected chi connectivity index (χ0v) is 10.9. The van der Waals surface area contributed by atoms with Crippen LogP contribution >= 0.6 is 0 Å². The van der Waals surface area contributed by atoms with Gasteiger partial charge >= 0.3 is 0 Å². The Bertz CT molecular complexity index is 363. The van der Waals surface area contributed by atoms with Crippen molar-refractivity contribution in [3.63, 3.8) is 0 Å². The molecule has 98 valence electrons. The van der Waals surface area contributed by atoms with Crippen molar-refractivity contribution in [1.82, 2.24) is 0 Å². The van der Waals surface area contributed by atoms with Crippen LogP contribution in [-0.2, 0) is 9.47 Å². The highest BCUT2D eigenvalue weighted by atomic mass is 16.7. The molecule has 1 saturated heterocycles. The molecule has 4 atom stereocenters. The summed E-state index contributed by atoms with van der Waals surface area (Å²) >= 11 is 0. The summed E-state index contributed by atoms with van der Waals surface area (Å²) in [4.78, 5) is 0. The Hall–Kier alpha value is -0.860. The minimum atomic E-state index is 0.0220. The predicted octanol–water partition coefficient (Wildman–Crippen LogP) is 3.46. The van der Waals surface area contributed by atoms with Crippen molar-refractivity contribution in [3.05, 3.63) is 36.5 Å². The number of rotatable bonds is 3. The molecular weight excluding hydrogens is 224 g/mol. The predicted molar refractivity (Wildman–Crippen MR) is 72.1 cm³/mol. The highest BCUT2D eigenvalue weighted by molar-refractivity contribution is 5.27. The molecule has 1 heterocycles. The van der Waals surface area contributed by atoms with Gasteiger partial charge in [-0.2, -0.15) is 0 Å². The van der Waals surface area contributed by atoms with Gasteiger partial charge in [-0.05, 0) is 37.5 Å². The molecule has 2 heteroatoms. The van der Waals surface area contributed by atoms with Gasteiger partial charge in [-0.3, -0.25) is 0 Å². The fourth-order valence-corrected chi connectivity index (χ4v) is 3.26. The van der Waals surface area contributed by atoms with Crippen molar-refractivity contribution >= 4 is 0 Å². The summed E-state index contributed by atoms with van der Waals surface area (Å²) in [6, 6.07) is 0. The highest BCUT2D eigenvalue weighted by Gasteiger charge is 2.36. The van der Waals surface area contributed by atoms with Crippen molar-refractivity contribution in [3.8, 4) is 0 Å². The van der Waals surface area contributed by atoms with Crippen molar-refractivity contribution in [1.29, 1.82) is 0 Å². The van der Waals surface area contributed by atoms with E-state index in [4.69, 9.17) is 9.47 Å². The van der Waals surface area contributed by atoms with E-state index < -0.39 is 0 Å². The summed E-state index contributed by atoms with van der Waals surface area (Å²) < 4.78 is 11.6. The number of fused-ring (bicyclic) bond motifs is 2. The molecule has 0 amide bonds. The van der Waals surface area contributed by atoms with Crippen molar-refractivity contribution in [2.24, 2.45) is 17.8 Å². The molecular formula is C16H22O2. The Labute approximate surface area is 109 Å². The second-order valence-corrected chi connectivity index (χ2v) is 5.59. The fourth-order valence-electron chi connectivity index (χ4n) is 3.26. The van der Waals surface area contributed by atoms with Gasteiger partial charge in [-0.15, -0.1) is 0 Å². The molecule has 0 N–H and O–H groups in total. The topological polar surface area (TPSA) is 18.5 Å². The first-order valence-electron chi connectivity index (χ1n) is 7.11. The zero-order valence-electron chi connectivity index (χ0n) is 10.9. The lowest BCUT2D eigenvalue weighted by Gasteiger charge is -2.26. The third kappa shape index (κ3) is 2.45. The minimum absolute atomic E-state index is 0.0220. The van der Waals surface area contributed by atoms with Gasteiger partial charge in [0.2, 0.25) is 0 Å². The van der Waals surface area contributed by atoms with E-state index >= 15 is 0 Å². The zero-order chi connectivity index (χ0) is 12.4. The van der Waals surface area contributed by atoms with Gasteiger partial charge in [0.25, 0.3) is 0 Å². The van der Waals surface area contributed by atoms with Crippen LogP contribution < -0.4 is 0 Å². The van der Waals surface area contributed by atoms with E-state index in [0.29, 0.717) is 17.8 Å². The van der Waals surface area contributed by atoms with Crippen LogP contribution in [0, 0.1) is 17.8 Å². The average molecular weight is 246 g/mol. The molecule has 3 rings (SSSR count). The molecule has 0 spiro atoms. The number of hydrogen-bond acceptors (Lipinski definition) is 2. The average Bonchev–Trinajstić information content (AvgIpc) is 2.58. The summed E-state index contributed by atoms with van der Waals surface area (Å²) in [5, 5.41) is 0. The Kier molecular flexibility index (Phi) is 3.67. The molecule has 0 aromatic rings. The number of hydrogen-bond donors (Lipinski definition) is 0. The second kappa shape index (κ2) is 5.41. The molecule has 3 aliphatic rings. The van der Waals surface area contributed by atoms with Crippen LogP contribution in [0.15, 0.2) is 36.5 Å². The third-order valence-corrected chi connectivity index (χ3v) is 4.41. The second-order valence-electron chi connectivity index (χ2n) is 5.59. The van der Waals surface area contributed by atoms with E-state index in [2.05, 4.69) is 30.9 Å². The van der Waals surface area contributed by atoms with Gasteiger partial charge in [0, 0.05) is 12.5 Å². The van der Waals surface area contributed by atoms with Crippen LogP contribution in [0.3, 0.4) is 0 Å². The van der Waals surface area contributed by atoms with Crippen LogP contribution in [-0.4, -0.2) is 19.5 Å². The first-order valence-corrected chi connectivity index (χ1v) is 7.11. The van der Waals surface area contributed by atoms with Crippen LogP contribution in [0.4, 0.5) is 0 Å². The largest absolute Gasteiger partial charge is 0.353 e. The molecule has 1 saturated carbocycles. The van der Waals surface area contributed by atoms with Crippen LogP contribution in [0.2, 0.25) is 0 Å². The Balaban J connectivity index is 1.57. The minimum Gasteiger partial charge on any atom is -0.353 e. The lowest BCUT2D eigenvalue weighted by molar-refractivity contribution is -0.168. The molecule has 2 aliphatic carbocycles. The molecule has 2 fully saturated rings. The van der Waals surface area contributed by atoms with E-state index in [0.717, 1.165) is 19.6 Å². The molecule has 18 heavy (non-hydrogen) atoms. The van der Waals surface area contributed by atoms with E-state index in [-0.39, 0.29) is 6.29 Å². The summed E-state index contributed by atoms with van der Waals surface area (Å²) in [6.07, 6.45) is 13.6. The molecule has 1 aliphatic heterocycles. The highest BCUT2D eigenvalue weighted by Crippen LogP contribution is 2.43. The van der Waals surface area contributed by atoms with Gasteiger partial charge in [-0.25, -0.2) is 0 Å². The lowest BCUT2D eigenvalue weighted by Crippen LogP contribution is -2.26. The smallest absolute Gasteiger partial charge is 0.157 e. The van der Waals surface area contributed by atoms with E-state index in [1.165, 1.54) is 24.8 Å². The van der Waals surface area contributed by atoms with E-state index in [9.17, 15) is 0 Å². The molecule has 2 nitrogen and oxygen atoms in total. The summed E-state index contributed by atoms with van der Waals surface area (Å²) in [6.45, 7) is 5.90. The van der Waals surface area contributed by atoms with Crippen LogP contribution in [0.1, 0.15) is 25.7 Å². The molecule has 0 radical (unpaired) electrons. The van der Waals surface area contributed by atoms with Crippen molar-refractivity contribution in [2.45, 2.75) is 32.0 Å². The maximum atomic E-state index is 5.95. The standard InChI is InChI=1S/C16H22O2/c1-12-13-6-2-3-7-14(10-13)15(12)11-18-16-8-4-5-9-17-16/h2-3,6-7,13-16H,1,4-5,8-11H2/t13-,14+,15+,16?/m1/s1. The quantitative estimate of drug-likeness (QED) is 0.710. The Morgan fingerprint density at radius 1 is 1.28 bits per heavy atom. The first kappa shape index (κ1) is 12.2. The molecule has 0 aromatic carbocycles. The first-order chi connectivity index (χ1) is 8.84. The van der Waals surface area contributed by atoms with Gasteiger partial charge in [0.1, 0.15) is 0 Å². The van der Waals surface area contributed by atoms with Gasteiger partial charge in [-0.1, -0.05) is 36.5 Å². The maximum Gasteiger partial charge on any atom is 0.157 e. The SMILES string of the molecule is C=C1[C@@H]2C=CC=C[C@@H](C2)[C@H]1COC1CCCCO1. The molecule has 1 unspecified atom stereocenters. The monoisotopic (exact) mass is 246 g/mol. The fraction of sp³-hybridized carbons (Fsp3) is 0.625. The number of ether oxygens (including phenoxy) is 2.